The van der Waals surface area contributed by atoms with Crippen molar-refractivity contribution in [1.82, 2.24) is 0 Å². The lowest BCUT2D eigenvalue weighted by Gasteiger charge is -2.44. The molecule has 2 nitrogen and oxygen atoms in total. The normalized spacial score (nSPS) is 16.2. The average molecular weight is 606 g/mol. The van der Waals surface area contributed by atoms with Crippen molar-refractivity contribution in [2.75, 3.05) is 6.61 Å². The first-order chi connectivity index (χ1) is 15.7. The molecule has 0 fully saturated rings. The van der Waals surface area contributed by atoms with Crippen LogP contribution in [0.2, 0.25) is 0 Å². The number of esters is 1. The average Bonchev–Trinajstić information content (AvgIpc) is 2.65. The minimum atomic E-state index is -9.20. The van der Waals surface area contributed by atoms with Crippen molar-refractivity contribution in [2.24, 2.45) is 0 Å². The summed E-state index contributed by atoms with van der Waals surface area (Å²) in [6.45, 7) is -1.72. The van der Waals surface area contributed by atoms with E-state index in [4.69, 9.17) is 0 Å². The molecule has 0 aromatic carbocycles. The van der Waals surface area contributed by atoms with Gasteiger partial charge in [0.05, 0.1) is 13.0 Å². The maximum absolute atomic E-state index is 13.5. The number of carbonyl (C=O) groups is 1. The summed E-state index contributed by atoms with van der Waals surface area (Å²) in [6, 6.07) is 0. The van der Waals surface area contributed by atoms with Gasteiger partial charge in [-0.25, -0.2) is 0 Å². The third-order valence-electron chi connectivity index (χ3n) is 4.30. The Balaban J connectivity index is 6.87. The second-order valence-corrected chi connectivity index (χ2v) is 6.89. The molecule has 0 aliphatic heterocycles. The number of rotatable bonds is 11. The van der Waals surface area contributed by atoms with Crippen LogP contribution in [-0.4, -0.2) is 72.1 Å². The Morgan fingerprint density at radius 3 is 0.946 bits per heavy atom. The largest absolute Gasteiger partial charge is 0.466 e. The van der Waals surface area contributed by atoms with Crippen molar-refractivity contribution in [2.45, 2.75) is 72.8 Å². The van der Waals surface area contributed by atoms with E-state index in [1.807, 2.05) is 0 Å². The first-order valence-electron chi connectivity index (χ1n) is 8.27. The fraction of sp³-hybridized carbons (Fsp3) is 0.929. The zero-order valence-corrected chi connectivity index (χ0v) is 16.7. The van der Waals surface area contributed by atoms with Crippen LogP contribution in [0.15, 0.2) is 0 Å². The van der Waals surface area contributed by atoms with Crippen LogP contribution in [0.25, 0.3) is 0 Å². The monoisotopic (exact) mass is 606 g/mol. The summed E-state index contributed by atoms with van der Waals surface area (Å²) in [6.07, 6.45) is -11.0. The molecule has 0 aliphatic carbocycles. The van der Waals surface area contributed by atoms with Gasteiger partial charge in [0.2, 0.25) is 0 Å². The Morgan fingerprint density at radius 2 is 0.703 bits per heavy atom. The van der Waals surface area contributed by atoms with Gasteiger partial charge in [0, 0.05) is 6.92 Å². The lowest BCUT2D eigenvalue weighted by molar-refractivity contribution is -0.474. The zero-order chi connectivity index (χ0) is 30.7. The first kappa shape index (κ1) is 35.0. The van der Waals surface area contributed by atoms with Gasteiger partial charge >= 0.3 is 65.4 Å². The Kier molecular flexibility index (Phi) is 8.55. The Labute approximate surface area is 188 Å². The SMILES string of the molecule is CC(=O)OCCC(F)(F)C(F)(F)C(F)(F)C(F)(F)C(F)(F)C(F)(F)C(F)(F)C(F)(F)C(F)(F)C(F)(F)F. The Hall–Kier alpha value is -2.00. The predicted octanol–water partition coefficient (Wildman–Crippen LogP) is 7.22. The van der Waals surface area contributed by atoms with Crippen LogP contribution in [0, 0.1) is 0 Å². The van der Waals surface area contributed by atoms with Gasteiger partial charge in [0.1, 0.15) is 0 Å². The van der Waals surface area contributed by atoms with Crippen molar-refractivity contribution >= 4 is 5.97 Å². The number of ether oxygens (including phenoxy) is 1. The molecule has 0 unspecified atom stereocenters. The van der Waals surface area contributed by atoms with E-state index in [9.17, 15) is 97.0 Å². The second-order valence-electron chi connectivity index (χ2n) is 6.89. The molecule has 0 heterocycles. The van der Waals surface area contributed by atoms with Crippen molar-refractivity contribution in [1.29, 1.82) is 0 Å². The third-order valence-corrected chi connectivity index (χ3v) is 4.30. The molecule has 0 rings (SSSR count). The lowest BCUT2D eigenvalue weighted by atomic mass is 9.86. The quantitative estimate of drug-likeness (QED) is 0.184. The number of carbonyl (C=O) groups excluding carboxylic acids is 1. The van der Waals surface area contributed by atoms with Crippen LogP contribution < -0.4 is 0 Å². The molecule has 0 amide bonds. The summed E-state index contributed by atoms with van der Waals surface area (Å²) >= 11 is 0. The van der Waals surface area contributed by atoms with Gasteiger partial charge in [0.15, 0.2) is 0 Å². The van der Waals surface area contributed by atoms with E-state index in [2.05, 4.69) is 4.74 Å². The predicted molar refractivity (Wildman–Crippen MR) is 71.8 cm³/mol. The molecule has 0 saturated carbocycles. The van der Waals surface area contributed by atoms with Crippen LogP contribution in [0.3, 0.4) is 0 Å². The van der Waals surface area contributed by atoms with Gasteiger partial charge < -0.3 is 4.74 Å². The van der Waals surface area contributed by atoms with E-state index in [-0.39, 0.29) is 0 Å². The molecule has 0 aromatic heterocycles. The van der Waals surface area contributed by atoms with Crippen molar-refractivity contribution in [3.63, 3.8) is 0 Å². The van der Waals surface area contributed by atoms with Crippen molar-refractivity contribution in [3.8, 4) is 0 Å². The summed E-state index contributed by atoms with van der Waals surface area (Å²) in [5.74, 6) is -78.9. The molecule has 0 radical (unpaired) electrons. The maximum Gasteiger partial charge on any atom is 0.460 e. The standard InChI is InChI=1S/C14H7F21O2/c1-4(36)37-3-2-5(15,16)6(17,18)7(19,20)8(21,22)9(23,24)10(25,26)11(27,28)12(29,30)13(31,32)14(33,34)35/h2-3H2,1H3. The Morgan fingerprint density at radius 1 is 0.459 bits per heavy atom. The van der Waals surface area contributed by atoms with Crippen molar-refractivity contribution < 1.29 is 102 Å². The molecular weight excluding hydrogens is 599 g/mol. The van der Waals surface area contributed by atoms with E-state index in [1.165, 1.54) is 0 Å². The van der Waals surface area contributed by atoms with Gasteiger partial charge in [-0.05, 0) is 0 Å². The molecule has 0 spiro atoms. The molecule has 0 aliphatic rings. The molecule has 0 saturated heterocycles. The van der Waals surface area contributed by atoms with E-state index >= 15 is 0 Å². The summed E-state index contributed by atoms with van der Waals surface area (Å²) in [5, 5.41) is 0. The van der Waals surface area contributed by atoms with E-state index < -0.39 is 78.5 Å². The minimum Gasteiger partial charge on any atom is -0.466 e. The summed E-state index contributed by atoms with van der Waals surface area (Å²) in [7, 11) is 0. The molecule has 0 atom stereocenters. The molecule has 0 aromatic rings. The molecular formula is C14H7F21O2. The molecule has 0 N–H and O–H groups in total. The molecule has 222 valence electrons. The molecule has 0 bridgehead atoms. The zero-order valence-electron chi connectivity index (χ0n) is 16.7. The van der Waals surface area contributed by atoms with Crippen LogP contribution in [0.4, 0.5) is 92.2 Å². The smallest absolute Gasteiger partial charge is 0.460 e. The van der Waals surface area contributed by atoms with Crippen LogP contribution >= 0.6 is 0 Å². The summed E-state index contributed by atoms with van der Waals surface area (Å²) < 4.78 is 279. The number of alkyl halides is 21. The van der Waals surface area contributed by atoms with E-state index in [0.29, 0.717) is 6.92 Å². The van der Waals surface area contributed by atoms with Gasteiger partial charge in [-0.15, -0.1) is 0 Å². The fourth-order valence-corrected chi connectivity index (χ4v) is 2.07. The van der Waals surface area contributed by atoms with Gasteiger partial charge in [-0.3, -0.25) is 4.79 Å². The number of hydrogen-bond acceptors (Lipinski definition) is 2. The lowest BCUT2D eigenvalue weighted by Crippen LogP contribution is -2.76. The molecule has 23 heteroatoms. The maximum atomic E-state index is 13.5. The number of hydrogen-bond donors (Lipinski definition) is 0. The van der Waals surface area contributed by atoms with Crippen molar-refractivity contribution in [3.05, 3.63) is 0 Å². The number of halogens is 21. The second kappa shape index (κ2) is 9.04. The Bertz CT molecular complexity index is 839. The van der Waals surface area contributed by atoms with E-state index in [1.54, 1.807) is 0 Å². The summed E-state index contributed by atoms with van der Waals surface area (Å²) in [4.78, 5) is 10.3. The highest BCUT2D eigenvalue weighted by Gasteiger charge is 2.97. The fourth-order valence-electron chi connectivity index (χ4n) is 2.07. The van der Waals surface area contributed by atoms with Gasteiger partial charge in [-0.1, -0.05) is 0 Å². The van der Waals surface area contributed by atoms with Gasteiger partial charge in [-0.2, -0.15) is 92.2 Å². The highest BCUT2D eigenvalue weighted by Crippen LogP contribution is 2.66. The van der Waals surface area contributed by atoms with Gasteiger partial charge in [0.25, 0.3) is 0 Å². The minimum absolute atomic E-state index is 0.361. The highest BCUT2D eigenvalue weighted by atomic mass is 19.4. The highest BCUT2D eigenvalue weighted by molar-refractivity contribution is 5.65. The van der Waals surface area contributed by atoms with Crippen LogP contribution in [0.5, 0.6) is 0 Å². The first-order valence-corrected chi connectivity index (χ1v) is 8.27. The van der Waals surface area contributed by atoms with Crippen LogP contribution in [-0.2, 0) is 9.53 Å². The van der Waals surface area contributed by atoms with Crippen LogP contribution in [0.1, 0.15) is 13.3 Å². The van der Waals surface area contributed by atoms with E-state index in [0.717, 1.165) is 0 Å². The topological polar surface area (TPSA) is 26.3 Å². The molecule has 37 heavy (non-hydrogen) atoms. The third kappa shape index (κ3) is 4.71. The summed E-state index contributed by atoms with van der Waals surface area (Å²) in [5.41, 5.74) is 0.